The maximum absolute atomic E-state index is 9.13. The van der Waals surface area contributed by atoms with E-state index in [0.29, 0.717) is 22.1 Å². The summed E-state index contributed by atoms with van der Waals surface area (Å²) in [5, 5.41) is 4.87. The molecule has 11 aromatic rings. The van der Waals surface area contributed by atoms with Crippen molar-refractivity contribution in [2.24, 2.45) is 0 Å². The van der Waals surface area contributed by atoms with Crippen molar-refractivity contribution in [1.82, 2.24) is 28.7 Å². The summed E-state index contributed by atoms with van der Waals surface area (Å²) in [5.41, 5.74) is 3.57. The van der Waals surface area contributed by atoms with Gasteiger partial charge in [0.2, 0.25) is 11.9 Å². The zero-order valence-electron chi connectivity index (χ0n) is 36.6. The molecule has 0 aliphatic rings. The van der Waals surface area contributed by atoms with Crippen LogP contribution in [0.5, 0.6) is 0 Å². The van der Waals surface area contributed by atoms with Crippen LogP contribution >= 0.6 is 0 Å². The molecule has 6 heteroatoms. The standard InChI is InChI=1S/C45H28N6/c1-3-15-29(16-4-1)43-46-44(50-38-24-12-7-19-31(38)32-20-8-13-25-39(32)50)48-45(47-43)51-40-26-14-10-22-34(40)36-28-27-35-33-21-9-11-23-37(33)49(41(35)42(36)51)30-17-5-2-6-18-30/h1-28H/i1D,2D,3D,4D,5D,6D,15D,16D,17D,18D. The Labute approximate surface area is 306 Å². The molecule has 0 atom stereocenters. The first-order valence-electron chi connectivity index (χ1n) is 21.3. The Kier molecular flexibility index (Phi) is 4.17. The molecule has 238 valence electrons. The topological polar surface area (TPSA) is 53.5 Å². The first-order chi connectivity index (χ1) is 29.5. The van der Waals surface area contributed by atoms with Crippen molar-refractivity contribution >= 4 is 65.4 Å². The van der Waals surface area contributed by atoms with Gasteiger partial charge in [0.25, 0.3) is 0 Å². The predicted molar refractivity (Wildman–Crippen MR) is 208 cm³/mol. The highest BCUT2D eigenvalue weighted by atomic mass is 15.3. The van der Waals surface area contributed by atoms with E-state index in [1.165, 1.54) is 0 Å². The fraction of sp³-hybridized carbons (Fsp3) is 0. The minimum Gasteiger partial charge on any atom is -0.307 e. The van der Waals surface area contributed by atoms with Crippen LogP contribution in [0.25, 0.3) is 94.4 Å². The molecule has 0 radical (unpaired) electrons. The SMILES string of the molecule is [2H]c1c([2H])c([2H])c(-c2nc(-n3c4ccccc4c4ccccc43)nc(-n3c4ccccc4c4ccc5c6ccccc6n(-c6c([2H])c([2H])c([2H])c([2H])c6[2H])c5c43)n2)c([2H])c1[2H]. The number of nitrogens with zero attached hydrogens (tertiary/aromatic N) is 6. The Balaban J connectivity index is 1.36. The summed E-state index contributed by atoms with van der Waals surface area (Å²) in [4.78, 5) is 15.1. The molecule has 0 unspecified atom stereocenters. The number of hydrogen-bond acceptors (Lipinski definition) is 3. The zero-order chi connectivity index (χ0) is 42.2. The summed E-state index contributed by atoms with van der Waals surface area (Å²) in [6.07, 6.45) is 0. The molecule has 0 bridgehead atoms. The Morgan fingerprint density at radius 2 is 0.784 bits per heavy atom. The zero-order valence-corrected chi connectivity index (χ0v) is 26.6. The molecule has 0 N–H and O–H groups in total. The van der Waals surface area contributed by atoms with E-state index in [1.54, 1.807) is 4.57 Å². The number of hydrogen-bond donors (Lipinski definition) is 0. The molecule has 0 spiro atoms. The van der Waals surface area contributed by atoms with Gasteiger partial charge in [-0.2, -0.15) is 15.0 Å². The van der Waals surface area contributed by atoms with Crippen LogP contribution < -0.4 is 0 Å². The summed E-state index contributed by atoms with van der Waals surface area (Å²) in [6.45, 7) is 0. The maximum atomic E-state index is 9.13. The van der Waals surface area contributed by atoms with Crippen molar-refractivity contribution in [3.05, 3.63) is 170 Å². The van der Waals surface area contributed by atoms with Gasteiger partial charge in [-0.05, 0) is 36.4 Å². The van der Waals surface area contributed by atoms with Gasteiger partial charge in [0, 0.05) is 43.6 Å². The normalized spacial score (nSPS) is 14.7. The van der Waals surface area contributed by atoms with Crippen molar-refractivity contribution in [1.29, 1.82) is 0 Å². The van der Waals surface area contributed by atoms with Crippen LogP contribution in [0.1, 0.15) is 13.7 Å². The van der Waals surface area contributed by atoms with Crippen molar-refractivity contribution in [2.75, 3.05) is 0 Å². The van der Waals surface area contributed by atoms with E-state index in [0.717, 1.165) is 43.4 Å². The van der Waals surface area contributed by atoms with Gasteiger partial charge in [-0.3, -0.25) is 9.13 Å². The van der Waals surface area contributed by atoms with Crippen LogP contribution in [0.15, 0.2) is 170 Å². The van der Waals surface area contributed by atoms with Crippen molar-refractivity contribution in [3.8, 4) is 29.0 Å². The molecular weight excluding hydrogens is 625 g/mol. The minimum absolute atomic E-state index is 0.0389. The Bertz CT molecular complexity index is 3630. The summed E-state index contributed by atoms with van der Waals surface area (Å²) in [7, 11) is 0. The van der Waals surface area contributed by atoms with Crippen LogP contribution in [0.3, 0.4) is 0 Å². The number of rotatable bonds is 4. The molecule has 0 fully saturated rings. The van der Waals surface area contributed by atoms with Crippen LogP contribution in [-0.2, 0) is 0 Å². The van der Waals surface area contributed by atoms with Crippen LogP contribution in [0.4, 0.5) is 0 Å². The van der Waals surface area contributed by atoms with Gasteiger partial charge in [-0.25, -0.2) is 0 Å². The molecule has 51 heavy (non-hydrogen) atoms. The third kappa shape index (κ3) is 4.01. The van der Waals surface area contributed by atoms with Crippen molar-refractivity contribution in [3.63, 3.8) is 0 Å². The second-order valence-electron chi connectivity index (χ2n) is 12.2. The molecule has 7 aromatic carbocycles. The van der Waals surface area contributed by atoms with Crippen LogP contribution in [0.2, 0.25) is 0 Å². The summed E-state index contributed by atoms with van der Waals surface area (Å²) >= 11 is 0. The van der Waals surface area contributed by atoms with Gasteiger partial charge in [-0.1, -0.05) is 133 Å². The summed E-state index contributed by atoms with van der Waals surface area (Å²) < 4.78 is 92.8. The molecule has 0 saturated carbocycles. The van der Waals surface area contributed by atoms with Crippen molar-refractivity contribution in [2.45, 2.75) is 0 Å². The number of fused-ring (bicyclic) bond motifs is 10. The first kappa shape index (κ1) is 19.8. The molecule has 0 saturated heterocycles. The number of para-hydroxylation sites is 5. The quantitative estimate of drug-likeness (QED) is 0.188. The lowest BCUT2D eigenvalue weighted by Crippen LogP contribution is -2.10. The minimum atomic E-state index is -0.555. The van der Waals surface area contributed by atoms with Gasteiger partial charge in [0.1, 0.15) is 0 Å². The van der Waals surface area contributed by atoms with E-state index in [9.17, 15) is 0 Å². The average molecular weight is 663 g/mol. The highest BCUT2D eigenvalue weighted by Crippen LogP contribution is 2.41. The lowest BCUT2D eigenvalue weighted by Gasteiger charge is -2.14. The van der Waals surface area contributed by atoms with Gasteiger partial charge in [0.15, 0.2) is 5.82 Å². The van der Waals surface area contributed by atoms with Crippen LogP contribution in [0, 0.1) is 0 Å². The Morgan fingerprint density at radius 3 is 1.33 bits per heavy atom. The molecular formula is C45H28N6. The Morgan fingerprint density at radius 1 is 0.373 bits per heavy atom. The van der Waals surface area contributed by atoms with Gasteiger partial charge >= 0.3 is 0 Å². The fourth-order valence-electron chi connectivity index (χ4n) is 7.46. The molecule has 0 aliphatic heterocycles. The molecule has 4 aromatic heterocycles. The fourth-order valence-corrected chi connectivity index (χ4v) is 7.46. The molecule has 11 rings (SSSR count). The highest BCUT2D eigenvalue weighted by Gasteiger charge is 2.24. The van der Waals surface area contributed by atoms with Gasteiger partial charge in [-0.15, -0.1) is 0 Å². The van der Waals surface area contributed by atoms with E-state index < -0.39 is 48.3 Å². The molecule has 4 heterocycles. The van der Waals surface area contributed by atoms with Gasteiger partial charge < -0.3 is 4.57 Å². The third-order valence-electron chi connectivity index (χ3n) is 9.49. The van der Waals surface area contributed by atoms with E-state index in [2.05, 4.69) is 0 Å². The number of benzene rings is 7. The largest absolute Gasteiger partial charge is 0.307 e. The average Bonchev–Trinajstić information content (AvgIpc) is 3.92. The van der Waals surface area contributed by atoms with Crippen molar-refractivity contribution < 1.29 is 13.7 Å². The second-order valence-corrected chi connectivity index (χ2v) is 12.2. The van der Waals surface area contributed by atoms with E-state index >= 15 is 0 Å². The number of aromatic nitrogens is 6. The monoisotopic (exact) mass is 662 g/mol. The lowest BCUT2D eigenvalue weighted by atomic mass is 10.1. The highest BCUT2D eigenvalue weighted by molar-refractivity contribution is 6.23. The maximum Gasteiger partial charge on any atom is 0.240 e. The second kappa shape index (κ2) is 10.7. The first-order valence-corrected chi connectivity index (χ1v) is 16.3. The van der Waals surface area contributed by atoms with Gasteiger partial charge in [0.05, 0.1) is 46.8 Å². The molecule has 0 amide bonds. The predicted octanol–water partition coefficient (Wildman–Crippen LogP) is 10.8. The Hall–Kier alpha value is -7.05. The van der Waals surface area contributed by atoms with E-state index in [1.807, 2.05) is 118 Å². The lowest BCUT2D eigenvalue weighted by molar-refractivity contribution is 0.893. The summed E-state index contributed by atoms with van der Waals surface area (Å²) in [6, 6.07) is 29.7. The van der Waals surface area contributed by atoms with Crippen LogP contribution in [-0.4, -0.2) is 28.7 Å². The third-order valence-corrected chi connectivity index (χ3v) is 9.49. The van der Waals surface area contributed by atoms with E-state index in [-0.39, 0.29) is 41.1 Å². The molecule has 0 aliphatic carbocycles. The summed E-state index contributed by atoms with van der Waals surface area (Å²) in [5.74, 6) is 0.00172. The smallest absolute Gasteiger partial charge is 0.240 e. The molecule has 6 nitrogen and oxygen atoms in total. The van der Waals surface area contributed by atoms with E-state index in [4.69, 9.17) is 28.7 Å².